The maximum atomic E-state index is 6.20. The van der Waals surface area contributed by atoms with Crippen molar-refractivity contribution in [2.24, 2.45) is 0 Å². The van der Waals surface area contributed by atoms with E-state index in [-0.39, 0.29) is 6.10 Å². The van der Waals surface area contributed by atoms with Gasteiger partial charge in [-0.05, 0) is 42.8 Å². The number of rotatable bonds is 10. The second-order valence-corrected chi connectivity index (χ2v) is 6.37. The van der Waals surface area contributed by atoms with Crippen molar-refractivity contribution in [2.45, 2.75) is 38.6 Å². The monoisotopic (exact) mass is 362 g/mol. The molecule has 0 aliphatic rings. The molecule has 0 fully saturated rings. The first kappa shape index (κ1) is 18.8. The molecule has 3 rings (SSSR count). The van der Waals surface area contributed by atoms with Crippen molar-refractivity contribution in [3.05, 3.63) is 91.0 Å². The fourth-order valence-electron chi connectivity index (χ4n) is 2.87. The van der Waals surface area contributed by atoms with Crippen molar-refractivity contribution in [3.63, 3.8) is 0 Å². The van der Waals surface area contributed by atoms with Gasteiger partial charge in [0, 0.05) is 0 Å². The summed E-state index contributed by atoms with van der Waals surface area (Å²) in [7, 11) is 0. The van der Waals surface area contributed by atoms with Gasteiger partial charge in [0.15, 0.2) is 0 Å². The number of benzene rings is 3. The van der Waals surface area contributed by atoms with Crippen molar-refractivity contribution < 1.29 is 14.2 Å². The van der Waals surface area contributed by atoms with Gasteiger partial charge in [-0.1, -0.05) is 67.9 Å². The minimum absolute atomic E-state index is 0.00910. The van der Waals surface area contributed by atoms with Crippen LogP contribution in [0.4, 0.5) is 0 Å². The third kappa shape index (κ3) is 6.37. The van der Waals surface area contributed by atoms with Crippen molar-refractivity contribution >= 4 is 0 Å². The molecule has 140 valence electrons. The highest BCUT2D eigenvalue weighted by Crippen LogP contribution is 2.22. The van der Waals surface area contributed by atoms with Crippen molar-refractivity contribution in [1.82, 2.24) is 0 Å². The van der Waals surface area contributed by atoms with E-state index in [1.807, 2.05) is 91.0 Å². The lowest BCUT2D eigenvalue weighted by atomic mass is 10.1. The maximum absolute atomic E-state index is 6.20. The first-order chi connectivity index (χ1) is 13.3. The van der Waals surface area contributed by atoms with E-state index in [0.29, 0.717) is 6.42 Å². The van der Waals surface area contributed by atoms with Crippen LogP contribution < -0.4 is 14.2 Å². The van der Waals surface area contributed by atoms with Crippen molar-refractivity contribution in [1.29, 1.82) is 0 Å². The second-order valence-electron chi connectivity index (χ2n) is 6.37. The maximum Gasteiger partial charge on any atom is 0.244 e. The van der Waals surface area contributed by atoms with Crippen LogP contribution in [0.2, 0.25) is 0 Å². The Kier molecular flexibility index (Phi) is 7.16. The molecule has 1 atom stereocenters. The molecular formula is C24H26O3. The molecule has 0 heterocycles. The van der Waals surface area contributed by atoms with E-state index >= 15 is 0 Å². The van der Waals surface area contributed by atoms with Crippen LogP contribution in [0, 0.1) is 0 Å². The molecule has 0 aliphatic heterocycles. The molecule has 0 aromatic heterocycles. The fourth-order valence-corrected chi connectivity index (χ4v) is 2.87. The summed E-state index contributed by atoms with van der Waals surface area (Å²) in [6, 6.07) is 29.4. The van der Waals surface area contributed by atoms with Crippen LogP contribution in [0.3, 0.4) is 0 Å². The first-order valence-corrected chi connectivity index (χ1v) is 9.48. The molecule has 3 aromatic carbocycles. The third-order valence-electron chi connectivity index (χ3n) is 4.13. The first-order valence-electron chi connectivity index (χ1n) is 9.48. The SMILES string of the molecule is CCCC(CC(Oc1ccccc1)Oc1ccccc1)Oc1ccccc1. The van der Waals surface area contributed by atoms with E-state index in [0.717, 1.165) is 30.1 Å². The zero-order chi connectivity index (χ0) is 18.7. The van der Waals surface area contributed by atoms with Crippen molar-refractivity contribution in [2.75, 3.05) is 0 Å². The largest absolute Gasteiger partial charge is 0.490 e. The van der Waals surface area contributed by atoms with Crippen LogP contribution in [0.5, 0.6) is 17.2 Å². The molecule has 0 amide bonds. The van der Waals surface area contributed by atoms with Crippen molar-refractivity contribution in [3.8, 4) is 17.2 Å². The Bertz CT molecular complexity index is 718. The van der Waals surface area contributed by atoms with Crippen LogP contribution in [0.15, 0.2) is 91.0 Å². The van der Waals surface area contributed by atoms with Gasteiger partial charge in [-0.2, -0.15) is 0 Å². The molecule has 0 aliphatic carbocycles. The topological polar surface area (TPSA) is 27.7 Å². The lowest BCUT2D eigenvalue weighted by molar-refractivity contribution is -0.0276. The summed E-state index contributed by atoms with van der Waals surface area (Å²) in [5.41, 5.74) is 0. The van der Waals surface area contributed by atoms with Gasteiger partial charge in [0.05, 0.1) is 6.42 Å². The summed E-state index contributed by atoms with van der Waals surface area (Å²) in [5, 5.41) is 0. The van der Waals surface area contributed by atoms with Gasteiger partial charge in [-0.15, -0.1) is 0 Å². The lowest BCUT2D eigenvalue weighted by Crippen LogP contribution is -2.32. The Hall–Kier alpha value is -2.94. The van der Waals surface area contributed by atoms with Gasteiger partial charge in [0.25, 0.3) is 0 Å². The lowest BCUT2D eigenvalue weighted by Gasteiger charge is -2.26. The summed E-state index contributed by atoms with van der Waals surface area (Å²) in [4.78, 5) is 0. The predicted octanol–water partition coefficient (Wildman–Crippen LogP) is 6.11. The van der Waals surface area contributed by atoms with Crippen LogP contribution in [-0.2, 0) is 0 Å². The highest BCUT2D eigenvalue weighted by Gasteiger charge is 2.21. The molecule has 3 nitrogen and oxygen atoms in total. The zero-order valence-corrected chi connectivity index (χ0v) is 15.7. The van der Waals surface area contributed by atoms with E-state index in [1.54, 1.807) is 0 Å². The minimum atomic E-state index is -0.435. The third-order valence-corrected chi connectivity index (χ3v) is 4.13. The Morgan fingerprint density at radius 1 is 0.593 bits per heavy atom. The Morgan fingerprint density at radius 2 is 1.00 bits per heavy atom. The molecule has 0 bridgehead atoms. The summed E-state index contributed by atoms with van der Waals surface area (Å²) < 4.78 is 18.5. The molecule has 27 heavy (non-hydrogen) atoms. The van der Waals surface area contributed by atoms with E-state index in [2.05, 4.69) is 6.92 Å². The van der Waals surface area contributed by atoms with Gasteiger partial charge in [0.2, 0.25) is 6.29 Å². The quantitative estimate of drug-likeness (QED) is 0.407. The normalized spacial score (nSPS) is 11.8. The van der Waals surface area contributed by atoms with E-state index in [4.69, 9.17) is 14.2 Å². The molecule has 0 spiro atoms. The summed E-state index contributed by atoms with van der Waals surface area (Å²) in [6.07, 6.45) is 2.17. The summed E-state index contributed by atoms with van der Waals surface area (Å²) in [5.74, 6) is 2.44. The zero-order valence-electron chi connectivity index (χ0n) is 15.7. The molecule has 0 radical (unpaired) electrons. The van der Waals surface area contributed by atoms with E-state index < -0.39 is 6.29 Å². The Balaban J connectivity index is 1.72. The number of para-hydroxylation sites is 3. The molecule has 0 N–H and O–H groups in total. The molecule has 1 unspecified atom stereocenters. The highest BCUT2D eigenvalue weighted by molar-refractivity contribution is 5.24. The summed E-state index contributed by atoms with van der Waals surface area (Å²) >= 11 is 0. The van der Waals surface area contributed by atoms with Gasteiger partial charge >= 0.3 is 0 Å². The van der Waals surface area contributed by atoms with Crippen LogP contribution in [0.25, 0.3) is 0 Å². The van der Waals surface area contributed by atoms with Gasteiger partial charge < -0.3 is 14.2 Å². The van der Waals surface area contributed by atoms with Gasteiger partial charge in [-0.3, -0.25) is 0 Å². The fraction of sp³-hybridized carbons (Fsp3) is 0.250. The van der Waals surface area contributed by atoms with Crippen LogP contribution in [0.1, 0.15) is 26.2 Å². The smallest absolute Gasteiger partial charge is 0.244 e. The average Bonchev–Trinajstić information content (AvgIpc) is 2.70. The molecule has 0 saturated heterocycles. The van der Waals surface area contributed by atoms with E-state index in [9.17, 15) is 0 Å². The highest BCUT2D eigenvalue weighted by atomic mass is 16.7. The molecule has 3 heteroatoms. The second kappa shape index (κ2) is 10.3. The predicted molar refractivity (Wildman–Crippen MR) is 108 cm³/mol. The molecule has 3 aromatic rings. The molecule has 0 saturated carbocycles. The van der Waals surface area contributed by atoms with Crippen LogP contribution >= 0.6 is 0 Å². The standard InChI is InChI=1S/C24H26O3/c1-2-12-23(25-20-13-6-3-7-14-20)19-24(26-21-15-8-4-9-16-21)27-22-17-10-5-11-18-22/h3-11,13-18,23-24H,2,12,19H2,1H3. The van der Waals surface area contributed by atoms with Crippen LogP contribution in [-0.4, -0.2) is 12.4 Å². The number of hydrogen-bond donors (Lipinski definition) is 0. The Morgan fingerprint density at radius 3 is 1.41 bits per heavy atom. The van der Waals surface area contributed by atoms with E-state index in [1.165, 1.54) is 0 Å². The number of ether oxygens (including phenoxy) is 3. The number of hydrogen-bond acceptors (Lipinski definition) is 3. The minimum Gasteiger partial charge on any atom is -0.490 e. The summed E-state index contributed by atoms with van der Waals surface area (Å²) in [6.45, 7) is 2.16. The van der Waals surface area contributed by atoms with Gasteiger partial charge in [0.1, 0.15) is 23.4 Å². The molecular weight excluding hydrogens is 336 g/mol. The Labute approximate surface area is 161 Å². The average molecular weight is 362 g/mol. The van der Waals surface area contributed by atoms with Gasteiger partial charge in [-0.25, -0.2) is 0 Å².